The molecule has 0 atom stereocenters. The third-order valence-electron chi connectivity index (χ3n) is 2.93. The third-order valence-corrected chi connectivity index (χ3v) is 2.93. The van der Waals surface area contributed by atoms with Crippen LogP contribution in [0.5, 0.6) is 0 Å². The van der Waals surface area contributed by atoms with E-state index in [9.17, 15) is 4.79 Å². The van der Waals surface area contributed by atoms with Gasteiger partial charge in [0.1, 0.15) is 5.76 Å². The van der Waals surface area contributed by atoms with Gasteiger partial charge in [0.2, 0.25) is 0 Å². The Hall–Kier alpha value is -1.52. The Balaban J connectivity index is 1.88. The van der Waals surface area contributed by atoms with Crippen molar-refractivity contribution in [1.82, 2.24) is 10.1 Å². The monoisotopic (exact) mass is 223 g/mol. The normalized spacial score (nSPS) is 17.5. The summed E-state index contributed by atoms with van der Waals surface area (Å²) in [5.41, 5.74) is 0. The summed E-state index contributed by atoms with van der Waals surface area (Å²) in [6.07, 6.45) is 2.15. The molecule has 1 fully saturated rings. The number of amides is 2. The van der Waals surface area contributed by atoms with E-state index in [2.05, 4.69) is 17.4 Å². The number of hydrogen-bond donors (Lipinski definition) is 1. The third kappa shape index (κ3) is 2.53. The second-order valence-corrected chi connectivity index (χ2v) is 4.42. The largest absolute Gasteiger partial charge is 0.360 e. The van der Waals surface area contributed by atoms with Gasteiger partial charge in [-0.1, -0.05) is 12.1 Å². The van der Waals surface area contributed by atoms with E-state index in [-0.39, 0.29) is 6.03 Å². The Labute approximate surface area is 94.8 Å². The summed E-state index contributed by atoms with van der Waals surface area (Å²) in [7, 11) is 0. The quantitative estimate of drug-likeness (QED) is 0.794. The van der Waals surface area contributed by atoms with Gasteiger partial charge < -0.3 is 9.42 Å². The maximum absolute atomic E-state index is 11.8. The smallest absolute Gasteiger partial charge is 0.323 e. The second kappa shape index (κ2) is 4.55. The molecule has 0 aliphatic carbocycles. The topological polar surface area (TPSA) is 58.4 Å². The number of likely N-dealkylation sites (tertiary alicyclic amines) is 1. The maximum Gasteiger partial charge on any atom is 0.323 e. The van der Waals surface area contributed by atoms with Crippen molar-refractivity contribution < 1.29 is 9.32 Å². The number of anilines is 1. The van der Waals surface area contributed by atoms with E-state index >= 15 is 0 Å². The molecule has 1 aliphatic heterocycles. The molecule has 5 heteroatoms. The number of rotatable bonds is 1. The zero-order valence-electron chi connectivity index (χ0n) is 9.69. The van der Waals surface area contributed by atoms with Gasteiger partial charge in [0.05, 0.1) is 0 Å². The number of carbonyl (C=O) groups is 1. The molecule has 88 valence electrons. The molecule has 1 aromatic rings. The molecule has 2 amide bonds. The lowest BCUT2D eigenvalue weighted by Gasteiger charge is -2.29. The van der Waals surface area contributed by atoms with E-state index in [1.165, 1.54) is 0 Å². The van der Waals surface area contributed by atoms with E-state index in [1.807, 2.05) is 4.90 Å². The predicted molar refractivity (Wildman–Crippen MR) is 60.2 cm³/mol. The van der Waals surface area contributed by atoms with Gasteiger partial charge >= 0.3 is 6.03 Å². The molecule has 1 saturated heterocycles. The van der Waals surface area contributed by atoms with Crippen LogP contribution >= 0.6 is 0 Å². The van der Waals surface area contributed by atoms with Gasteiger partial charge in [-0.25, -0.2) is 4.79 Å². The molecule has 0 unspecified atom stereocenters. The van der Waals surface area contributed by atoms with Crippen molar-refractivity contribution in [3.63, 3.8) is 0 Å². The van der Waals surface area contributed by atoms with E-state index in [4.69, 9.17) is 4.52 Å². The lowest BCUT2D eigenvalue weighted by molar-refractivity contribution is 0.186. The van der Waals surface area contributed by atoms with Crippen LogP contribution in [-0.4, -0.2) is 29.2 Å². The minimum Gasteiger partial charge on any atom is -0.360 e. The number of piperidine rings is 1. The number of urea groups is 1. The van der Waals surface area contributed by atoms with Crippen molar-refractivity contribution in [2.24, 2.45) is 5.92 Å². The van der Waals surface area contributed by atoms with E-state index in [0.717, 1.165) is 31.8 Å². The van der Waals surface area contributed by atoms with Crippen LogP contribution in [0.3, 0.4) is 0 Å². The zero-order chi connectivity index (χ0) is 11.5. The Kier molecular flexibility index (Phi) is 3.12. The first kappa shape index (κ1) is 11.0. The summed E-state index contributed by atoms with van der Waals surface area (Å²) in [5.74, 6) is 1.90. The van der Waals surface area contributed by atoms with Crippen molar-refractivity contribution in [2.45, 2.75) is 26.7 Å². The lowest BCUT2D eigenvalue weighted by atomic mass is 10.00. The maximum atomic E-state index is 11.8. The summed E-state index contributed by atoms with van der Waals surface area (Å²) < 4.78 is 4.89. The van der Waals surface area contributed by atoms with Gasteiger partial charge in [-0.15, -0.1) is 0 Å². The summed E-state index contributed by atoms with van der Waals surface area (Å²) in [6, 6.07) is 1.63. The summed E-state index contributed by atoms with van der Waals surface area (Å²) in [6.45, 7) is 5.66. The van der Waals surface area contributed by atoms with Gasteiger partial charge in [0.15, 0.2) is 5.82 Å². The molecule has 2 heterocycles. The van der Waals surface area contributed by atoms with E-state index in [1.54, 1.807) is 13.0 Å². The summed E-state index contributed by atoms with van der Waals surface area (Å²) >= 11 is 0. The Morgan fingerprint density at radius 1 is 1.56 bits per heavy atom. The minimum atomic E-state index is -0.0831. The van der Waals surface area contributed by atoms with Crippen molar-refractivity contribution >= 4 is 11.8 Å². The van der Waals surface area contributed by atoms with Gasteiger partial charge in [-0.05, 0) is 25.7 Å². The van der Waals surface area contributed by atoms with Crippen LogP contribution in [0.1, 0.15) is 25.5 Å². The molecular formula is C11H17N3O2. The predicted octanol–water partition coefficient (Wildman–Crippen LogP) is 2.25. The second-order valence-electron chi connectivity index (χ2n) is 4.42. The average molecular weight is 223 g/mol. The van der Waals surface area contributed by atoms with Crippen molar-refractivity contribution in [1.29, 1.82) is 0 Å². The summed E-state index contributed by atoms with van der Waals surface area (Å²) in [5, 5.41) is 6.46. The van der Waals surface area contributed by atoms with Crippen LogP contribution in [0.4, 0.5) is 10.6 Å². The van der Waals surface area contributed by atoms with Gasteiger partial charge in [-0.3, -0.25) is 5.32 Å². The lowest BCUT2D eigenvalue weighted by Crippen LogP contribution is -2.40. The number of aryl methyl sites for hydroxylation is 1. The fourth-order valence-electron chi connectivity index (χ4n) is 1.83. The fourth-order valence-corrected chi connectivity index (χ4v) is 1.83. The minimum absolute atomic E-state index is 0.0831. The Morgan fingerprint density at radius 3 is 2.81 bits per heavy atom. The number of carbonyl (C=O) groups excluding carboxylic acids is 1. The first-order valence-corrected chi connectivity index (χ1v) is 5.64. The number of nitrogens with zero attached hydrogens (tertiary/aromatic N) is 2. The number of nitrogens with one attached hydrogen (secondary N) is 1. The molecule has 1 aliphatic rings. The highest BCUT2D eigenvalue weighted by Crippen LogP contribution is 2.17. The van der Waals surface area contributed by atoms with E-state index in [0.29, 0.717) is 11.6 Å². The molecule has 1 N–H and O–H groups in total. The van der Waals surface area contributed by atoms with Crippen LogP contribution in [0, 0.1) is 12.8 Å². The van der Waals surface area contributed by atoms with Crippen LogP contribution in [0.2, 0.25) is 0 Å². The number of aromatic nitrogens is 1. The molecule has 2 rings (SSSR count). The molecule has 16 heavy (non-hydrogen) atoms. The molecule has 0 aromatic carbocycles. The molecule has 0 radical (unpaired) electrons. The Bertz CT molecular complexity index is 367. The highest BCUT2D eigenvalue weighted by atomic mass is 16.5. The SMILES string of the molecule is Cc1cc(NC(=O)N2CCC(C)CC2)no1. The van der Waals surface area contributed by atoms with Gasteiger partial charge in [0, 0.05) is 19.2 Å². The molecule has 5 nitrogen and oxygen atoms in total. The van der Waals surface area contributed by atoms with Crippen LogP contribution < -0.4 is 5.32 Å². The summed E-state index contributed by atoms with van der Waals surface area (Å²) in [4.78, 5) is 13.6. The average Bonchev–Trinajstić information content (AvgIpc) is 2.65. The first-order chi connectivity index (χ1) is 7.65. The van der Waals surface area contributed by atoms with Gasteiger partial charge in [0.25, 0.3) is 0 Å². The molecule has 0 saturated carbocycles. The Morgan fingerprint density at radius 2 is 2.25 bits per heavy atom. The molecule has 0 spiro atoms. The number of hydrogen-bond acceptors (Lipinski definition) is 3. The fraction of sp³-hybridized carbons (Fsp3) is 0.636. The standard InChI is InChI=1S/C11H17N3O2/c1-8-3-5-14(6-4-8)11(15)12-10-7-9(2)16-13-10/h7-8H,3-6H2,1-2H3,(H,12,13,15). The van der Waals surface area contributed by atoms with Crippen LogP contribution in [-0.2, 0) is 0 Å². The molecule has 0 bridgehead atoms. The highest BCUT2D eigenvalue weighted by Gasteiger charge is 2.20. The van der Waals surface area contributed by atoms with Crippen LogP contribution in [0.25, 0.3) is 0 Å². The highest BCUT2D eigenvalue weighted by molar-refractivity contribution is 5.88. The zero-order valence-corrected chi connectivity index (χ0v) is 9.69. The first-order valence-electron chi connectivity index (χ1n) is 5.64. The van der Waals surface area contributed by atoms with Gasteiger partial charge in [-0.2, -0.15) is 0 Å². The molecular weight excluding hydrogens is 206 g/mol. The van der Waals surface area contributed by atoms with Crippen molar-refractivity contribution in [3.8, 4) is 0 Å². The molecule has 1 aromatic heterocycles. The van der Waals surface area contributed by atoms with Crippen LogP contribution in [0.15, 0.2) is 10.6 Å². The van der Waals surface area contributed by atoms with Crippen molar-refractivity contribution in [3.05, 3.63) is 11.8 Å². The van der Waals surface area contributed by atoms with Crippen molar-refractivity contribution in [2.75, 3.05) is 18.4 Å². The van der Waals surface area contributed by atoms with E-state index < -0.39 is 0 Å².